The summed E-state index contributed by atoms with van der Waals surface area (Å²) in [6.45, 7) is 4.27. The molecule has 2 aliphatic rings. The Bertz CT molecular complexity index is 1600. The third kappa shape index (κ3) is 8.98. The predicted molar refractivity (Wildman–Crippen MR) is 185 cm³/mol. The first-order valence-corrected chi connectivity index (χ1v) is 17.5. The molecule has 1 aliphatic heterocycles. The predicted octanol–water partition coefficient (Wildman–Crippen LogP) is 4.03. The highest BCUT2D eigenvalue weighted by Gasteiger charge is 2.37. The molecule has 1 saturated heterocycles. The Hall–Kier alpha value is -4.07. The fraction of sp³-hybridized carbons (Fsp3) is 0.541. The number of benzene rings is 2. The van der Waals surface area contributed by atoms with E-state index in [1.807, 2.05) is 30.3 Å². The number of carbonyl (C=O) groups is 3. The Balaban J connectivity index is 1.22. The lowest BCUT2D eigenvalue weighted by atomic mass is 9.83. The van der Waals surface area contributed by atoms with Crippen molar-refractivity contribution in [2.75, 3.05) is 59.7 Å². The molecule has 3 amide bonds. The summed E-state index contributed by atoms with van der Waals surface area (Å²) in [5.41, 5.74) is 1.53. The molecule has 3 aromatic rings. The van der Waals surface area contributed by atoms with E-state index < -0.39 is 23.7 Å². The van der Waals surface area contributed by atoms with Crippen molar-refractivity contribution in [2.24, 2.45) is 13.0 Å². The average Bonchev–Trinajstić information content (AvgIpc) is 3.40. The van der Waals surface area contributed by atoms with E-state index in [0.717, 1.165) is 49.8 Å². The van der Waals surface area contributed by atoms with Gasteiger partial charge in [0.25, 0.3) is 5.91 Å². The third-order valence-corrected chi connectivity index (χ3v) is 9.75. The fourth-order valence-corrected chi connectivity index (χ4v) is 6.70. The molecule has 0 unspecified atom stereocenters. The molecule has 50 heavy (non-hydrogen) atoms. The first-order valence-electron chi connectivity index (χ1n) is 17.5. The summed E-state index contributed by atoms with van der Waals surface area (Å²) < 4.78 is 47.6. The highest BCUT2D eigenvalue weighted by molar-refractivity contribution is 6.04. The quantitative estimate of drug-likeness (QED) is 0.231. The molecule has 5 rings (SSSR count). The Labute approximate surface area is 292 Å². The number of carbonyl (C=O) groups excluding carboxylic acids is 3. The second-order valence-corrected chi connectivity index (χ2v) is 13.0. The number of amides is 3. The Morgan fingerprint density at radius 1 is 0.880 bits per heavy atom. The summed E-state index contributed by atoms with van der Waals surface area (Å²) in [4.78, 5) is 44.0. The normalized spacial score (nSPS) is 16.7. The molecule has 2 N–H and O–H groups in total. The van der Waals surface area contributed by atoms with E-state index in [9.17, 15) is 23.2 Å². The van der Waals surface area contributed by atoms with Crippen molar-refractivity contribution in [3.8, 4) is 5.75 Å². The van der Waals surface area contributed by atoms with Crippen molar-refractivity contribution in [2.45, 2.75) is 57.7 Å². The summed E-state index contributed by atoms with van der Waals surface area (Å²) in [7, 11) is 3.32. The molecule has 13 heteroatoms. The smallest absolute Gasteiger partial charge is 0.274 e. The van der Waals surface area contributed by atoms with Gasteiger partial charge in [-0.1, -0.05) is 49.6 Å². The maximum Gasteiger partial charge on any atom is 0.274 e. The van der Waals surface area contributed by atoms with Gasteiger partial charge in [-0.15, -0.1) is 0 Å². The third-order valence-electron chi connectivity index (χ3n) is 9.75. The highest BCUT2D eigenvalue weighted by Crippen LogP contribution is 2.35. The maximum absolute atomic E-state index is 14.4. The van der Waals surface area contributed by atoms with Crippen LogP contribution in [-0.4, -0.2) is 104 Å². The molecule has 1 aliphatic carbocycles. The number of ether oxygens (including phenoxy) is 3. The van der Waals surface area contributed by atoms with E-state index >= 15 is 0 Å². The van der Waals surface area contributed by atoms with Crippen LogP contribution in [0.3, 0.4) is 0 Å². The summed E-state index contributed by atoms with van der Waals surface area (Å²) in [5, 5.41) is 6.22. The molecular formula is C37H49F2N5O6. The number of nitrogens with one attached hydrogen (secondary N) is 2. The number of nitrogens with zero attached hydrogens (tertiary/aromatic N) is 3. The minimum absolute atomic E-state index is 0.0611. The van der Waals surface area contributed by atoms with Crippen LogP contribution in [0, 0.1) is 17.6 Å². The van der Waals surface area contributed by atoms with E-state index in [4.69, 9.17) is 14.2 Å². The molecule has 2 atom stereocenters. The van der Waals surface area contributed by atoms with Crippen LogP contribution in [0.15, 0.2) is 42.5 Å². The molecule has 2 heterocycles. The minimum atomic E-state index is -1.05. The van der Waals surface area contributed by atoms with Crippen molar-refractivity contribution in [1.29, 1.82) is 0 Å². The first kappa shape index (κ1) is 37.2. The van der Waals surface area contributed by atoms with Crippen LogP contribution >= 0.6 is 0 Å². The summed E-state index contributed by atoms with van der Waals surface area (Å²) >= 11 is 0. The standard InChI is InChI=1S/C37H49F2N5O6/c1-25(40-2)35(45)41-32(27-12-8-5-9-13-27)36(46)43-14-16-44(17-15-43)37(47)33-34(28-22-29(38)30(39)23-31(28)42(33)3)50-21-20-48-18-19-49-24-26-10-6-4-7-11-26/h4,6-7,10-11,22-23,25,27,32,40H,5,8-9,12-21,24H2,1-3H3,(H,41,45)/t25-,32-/m0/s1. The monoisotopic (exact) mass is 697 g/mol. The van der Waals surface area contributed by atoms with E-state index in [1.54, 1.807) is 30.8 Å². The van der Waals surface area contributed by atoms with Gasteiger partial charge in [0.1, 0.15) is 12.6 Å². The fourth-order valence-electron chi connectivity index (χ4n) is 6.70. The molecule has 0 bridgehead atoms. The topological polar surface area (TPSA) is 114 Å². The Morgan fingerprint density at radius 2 is 1.52 bits per heavy atom. The second-order valence-electron chi connectivity index (χ2n) is 13.0. The summed E-state index contributed by atoms with van der Waals surface area (Å²) in [6, 6.07) is 10.8. The van der Waals surface area contributed by atoms with Crippen molar-refractivity contribution in [1.82, 2.24) is 25.0 Å². The van der Waals surface area contributed by atoms with Gasteiger partial charge in [-0.25, -0.2) is 8.78 Å². The Kier molecular flexibility index (Phi) is 13.2. The summed E-state index contributed by atoms with van der Waals surface area (Å²) in [5.74, 6) is -2.60. The number of fused-ring (bicyclic) bond motifs is 1. The molecule has 2 fully saturated rings. The van der Waals surface area contributed by atoms with Crippen LogP contribution in [0.1, 0.15) is 55.1 Å². The zero-order valence-corrected chi connectivity index (χ0v) is 29.2. The number of aromatic nitrogens is 1. The van der Waals surface area contributed by atoms with Crippen LogP contribution in [0.4, 0.5) is 8.78 Å². The minimum Gasteiger partial charge on any atom is -0.488 e. The number of hydrogen-bond acceptors (Lipinski definition) is 7. The first-order chi connectivity index (χ1) is 24.2. The highest BCUT2D eigenvalue weighted by atomic mass is 19.2. The number of aryl methyl sites for hydroxylation is 1. The van der Waals surface area contributed by atoms with Crippen LogP contribution in [0.25, 0.3) is 10.9 Å². The number of halogens is 2. The van der Waals surface area contributed by atoms with Gasteiger partial charge in [0.15, 0.2) is 23.1 Å². The molecule has 272 valence electrons. The lowest BCUT2D eigenvalue weighted by Crippen LogP contribution is -2.59. The molecule has 1 saturated carbocycles. The SMILES string of the molecule is CN[C@@H](C)C(=O)N[C@H](C(=O)N1CCN(C(=O)c2c(OCCOCCOCc3ccccc3)c3cc(F)c(F)cc3n2C)CC1)C1CCCCC1. The largest absolute Gasteiger partial charge is 0.488 e. The number of piperazine rings is 1. The van der Waals surface area contributed by atoms with Crippen LogP contribution < -0.4 is 15.4 Å². The van der Waals surface area contributed by atoms with Gasteiger partial charge in [0.05, 0.1) is 38.0 Å². The molecule has 11 nitrogen and oxygen atoms in total. The van der Waals surface area contributed by atoms with Gasteiger partial charge < -0.3 is 39.2 Å². The molecular weight excluding hydrogens is 648 g/mol. The van der Waals surface area contributed by atoms with Gasteiger partial charge in [0.2, 0.25) is 11.8 Å². The molecule has 1 aromatic heterocycles. The van der Waals surface area contributed by atoms with Gasteiger partial charge in [0, 0.05) is 44.7 Å². The van der Waals surface area contributed by atoms with Gasteiger partial charge in [-0.3, -0.25) is 14.4 Å². The maximum atomic E-state index is 14.4. The van der Waals surface area contributed by atoms with Crippen LogP contribution in [-0.2, 0) is 32.7 Å². The Morgan fingerprint density at radius 3 is 2.22 bits per heavy atom. The number of rotatable bonds is 15. The van der Waals surface area contributed by atoms with Crippen molar-refractivity contribution in [3.63, 3.8) is 0 Å². The average molecular weight is 698 g/mol. The lowest BCUT2D eigenvalue weighted by molar-refractivity contribution is -0.140. The van der Waals surface area contributed by atoms with Crippen LogP contribution in [0.2, 0.25) is 0 Å². The van der Waals surface area contributed by atoms with E-state index in [-0.39, 0.29) is 79.9 Å². The van der Waals surface area contributed by atoms with Gasteiger partial charge >= 0.3 is 0 Å². The zero-order valence-electron chi connectivity index (χ0n) is 29.2. The van der Waals surface area contributed by atoms with Gasteiger partial charge in [-0.05, 0) is 44.4 Å². The van der Waals surface area contributed by atoms with E-state index in [1.165, 1.54) is 4.57 Å². The van der Waals surface area contributed by atoms with Gasteiger partial charge in [-0.2, -0.15) is 0 Å². The van der Waals surface area contributed by atoms with Crippen molar-refractivity contribution < 1.29 is 37.4 Å². The number of likely N-dealkylation sites (N-methyl/N-ethyl adjacent to an activating group) is 1. The van der Waals surface area contributed by atoms with Crippen LogP contribution in [0.5, 0.6) is 5.75 Å². The van der Waals surface area contributed by atoms with Crippen molar-refractivity contribution >= 4 is 28.6 Å². The van der Waals surface area contributed by atoms with E-state index in [0.29, 0.717) is 25.3 Å². The second kappa shape index (κ2) is 17.7. The van der Waals surface area contributed by atoms with E-state index in [2.05, 4.69) is 10.6 Å². The molecule has 0 spiro atoms. The number of hydrogen-bond donors (Lipinski definition) is 2. The lowest BCUT2D eigenvalue weighted by Gasteiger charge is -2.39. The molecule has 0 radical (unpaired) electrons. The van der Waals surface area contributed by atoms with Crippen molar-refractivity contribution in [3.05, 3.63) is 65.4 Å². The summed E-state index contributed by atoms with van der Waals surface area (Å²) in [6.07, 6.45) is 4.91. The zero-order chi connectivity index (χ0) is 35.6. The molecule has 2 aromatic carbocycles.